The average molecular weight is 312 g/mol. The molecule has 0 fully saturated rings. The van der Waals surface area contributed by atoms with E-state index in [1.54, 1.807) is 18.2 Å². The van der Waals surface area contributed by atoms with Crippen LogP contribution in [-0.2, 0) is 16.1 Å². The van der Waals surface area contributed by atoms with Gasteiger partial charge in [0.15, 0.2) is 0 Å². The van der Waals surface area contributed by atoms with Crippen LogP contribution in [0.15, 0.2) is 53.7 Å². The summed E-state index contributed by atoms with van der Waals surface area (Å²) in [6.07, 6.45) is 0.188. The fourth-order valence-electron chi connectivity index (χ4n) is 2.07. The number of benzene rings is 2. The second-order valence-corrected chi connectivity index (χ2v) is 5.05. The molecule has 6 nitrogen and oxygen atoms in total. The second kappa shape index (κ2) is 7.31. The van der Waals surface area contributed by atoms with Crippen LogP contribution in [0, 0.1) is 17.0 Å². The molecule has 23 heavy (non-hydrogen) atoms. The first kappa shape index (κ1) is 16.4. The molecule has 0 aliphatic rings. The van der Waals surface area contributed by atoms with Crippen LogP contribution >= 0.6 is 0 Å². The minimum atomic E-state index is -0.544. The number of nitrogens with zero attached hydrogens (tertiary/aromatic N) is 2. The van der Waals surface area contributed by atoms with Crippen molar-refractivity contribution in [1.82, 2.24) is 0 Å². The molecule has 0 saturated heterocycles. The molecule has 0 unspecified atom stereocenters. The zero-order valence-electron chi connectivity index (χ0n) is 12.9. The summed E-state index contributed by atoms with van der Waals surface area (Å²) in [4.78, 5) is 26.5. The van der Waals surface area contributed by atoms with Crippen LogP contribution in [0.3, 0.4) is 0 Å². The molecule has 0 N–H and O–H groups in total. The monoisotopic (exact) mass is 312 g/mol. The fraction of sp³-hybridized carbons (Fsp3) is 0.176. The van der Waals surface area contributed by atoms with Gasteiger partial charge in [-0.05, 0) is 12.5 Å². The molecule has 0 aliphatic heterocycles. The minimum Gasteiger partial charge on any atom is -0.318 e. The summed E-state index contributed by atoms with van der Waals surface area (Å²) in [6.45, 7) is 3.20. The maximum atomic E-state index is 11.1. The van der Waals surface area contributed by atoms with Gasteiger partial charge in [0, 0.05) is 25.0 Å². The van der Waals surface area contributed by atoms with E-state index < -0.39 is 10.9 Å². The molecular formula is C17H16N2O4. The largest absolute Gasteiger partial charge is 0.331 e. The number of para-hydroxylation sites is 1. The first-order valence-electron chi connectivity index (χ1n) is 7.01. The van der Waals surface area contributed by atoms with Crippen molar-refractivity contribution < 1.29 is 14.6 Å². The zero-order valence-corrected chi connectivity index (χ0v) is 12.9. The van der Waals surface area contributed by atoms with Crippen molar-refractivity contribution in [1.29, 1.82) is 0 Å². The van der Waals surface area contributed by atoms with Crippen molar-refractivity contribution >= 4 is 17.4 Å². The van der Waals surface area contributed by atoms with Gasteiger partial charge in [0.05, 0.1) is 10.6 Å². The van der Waals surface area contributed by atoms with Crippen LogP contribution in [-0.4, -0.2) is 16.6 Å². The second-order valence-electron chi connectivity index (χ2n) is 5.05. The Kier molecular flexibility index (Phi) is 5.19. The smallest absolute Gasteiger partial charge is 0.318 e. The number of hydrogen-bond acceptors (Lipinski definition) is 5. The van der Waals surface area contributed by atoms with Crippen molar-refractivity contribution in [3.05, 3.63) is 75.3 Å². The molecule has 0 saturated carbocycles. The van der Waals surface area contributed by atoms with E-state index in [4.69, 9.17) is 4.84 Å². The first-order chi connectivity index (χ1) is 11.0. The van der Waals surface area contributed by atoms with Crippen molar-refractivity contribution in [2.75, 3.05) is 0 Å². The van der Waals surface area contributed by atoms with E-state index >= 15 is 0 Å². The maximum Gasteiger partial charge on any atom is 0.331 e. The molecular weight excluding hydrogens is 296 g/mol. The molecule has 0 radical (unpaired) electrons. The quantitative estimate of drug-likeness (QED) is 0.366. The topological polar surface area (TPSA) is 81.8 Å². The molecule has 2 aromatic rings. The Morgan fingerprint density at radius 2 is 1.83 bits per heavy atom. The van der Waals surface area contributed by atoms with Crippen LogP contribution < -0.4 is 0 Å². The van der Waals surface area contributed by atoms with Gasteiger partial charge in [0.2, 0.25) is 0 Å². The molecule has 0 heterocycles. The van der Waals surface area contributed by atoms with Gasteiger partial charge in [-0.25, -0.2) is 4.79 Å². The van der Waals surface area contributed by atoms with Gasteiger partial charge in [-0.3, -0.25) is 10.1 Å². The van der Waals surface area contributed by atoms with Gasteiger partial charge < -0.3 is 4.84 Å². The van der Waals surface area contributed by atoms with E-state index in [0.717, 1.165) is 11.1 Å². The van der Waals surface area contributed by atoms with E-state index in [9.17, 15) is 14.9 Å². The van der Waals surface area contributed by atoms with Crippen molar-refractivity contribution in [2.45, 2.75) is 20.3 Å². The Bertz CT molecular complexity index is 751. The number of carbonyl (C=O) groups is 1. The molecule has 0 aromatic heterocycles. The SMILES string of the molecule is CC(=O)O/N=C(\Cc1ccccc1[N+](=O)[O-])c1ccc(C)cc1. The lowest BCUT2D eigenvalue weighted by molar-refractivity contribution is -0.385. The molecule has 6 heteroatoms. The summed E-state index contributed by atoms with van der Waals surface area (Å²) >= 11 is 0. The van der Waals surface area contributed by atoms with Crippen LogP contribution in [0.25, 0.3) is 0 Å². The molecule has 2 aromatic carbocycles. The summed E-state index contributed by atoms with van der Waals surface area (Å²) in [5.74, 6) is -0.544. The highest BCUT2D eigenvalue weighted by molar-refractivity contribution is 6.02. The van der Waals surface area contributed by atoms with Gasteiger partial charge in [0.25, 0.3) is 5.69 Å². The third-order valence-electron chi connectivity index (χ3n) is 3.22. The minimum absolute atomic E-state index is 0.00939. The Hall–Kier alpha value is -3.02. The highest BCUT2D eigenvalue weighted by Crippen LogP contribution is 2.20. The van der Waals surface area contributed by atoms with Crippen LogP contribution in [0.2, 0.25) is 0 Å². The summed E-state index contributed by atoms with van der Waals surface area (Å²) < 4.78 is 0. The van der Waals surface area contributed by atoms with Gasteiger partial charge >= 0.3 is 5.97 Å². The van der Waals surface area contributed by atoms with Gasteiger partial charge in [-0.15, -0.1) is 0 Å². The summed E-state index contributed by atoms with van der Waals surface area (Å²) in [5, 5.41) is 15.0. The highest BCUT2D eigenvalue weighted by Gasteiger charge is 2.16. The molecule has 0 spiro atoms. The third-order valence-corrected chi connectivity index (χ3v) is 3.22. The summed E-state index contributed by atoms with van der Waals surface area (Å²) in [5.41, 5.74) is 2.79. The highest BCUT2D eigenvalue weighted by atomic mass is 16.7. The number of nitro groups is 1. The molecule has 0 aliphatic carbocycles. The van der Waals surface area contributed by atoms with E-state index in [1.807, 2.05) is 31.2 Å². The Labute approximate surface area is 133 Å². The molecule has 0 bridgehead atoms. The Morgan fingerprint density at radius 3 is 2.43 bits per heavy atom. The number of oxime groups is 1. The molecule has 0 amide bonds. The number of rotatable bonds is 5. The molecule has 118 valence electrons. The lowest BCUT2D eigenvalue weighted by Gasteiger charge is -2.07. The number of aryl methyl sites for hydroxylation is 1. The van der Waals surface area contributed by atoms with Crippen molar-refractivity contribution in [3.63, 3.8) is 0 Å². The lowest BCUT2D eigenvalue weighted by atomic mass is 10.0. The number of nitro benzene ring substituents is 1. The normalized spacial score (nSPS) is 11.1. The van der Waals surface area contributed by atoms with Gasteiger partial charge in [-0.2, -0.15) is 0 Å². The van der Waals surface area contributed by atoms with E-state index in [0.29, 0.717) is 11.3 Å². The van der Waals surface area contributed by atoms with E-state index in [2.05, 4.69) is 5.16 Å². The van der Waals surface area contributed by atoms with E-state index in [1.165, 1.54) is 13.0 Å². The van der Waals surface area contributed by atoms with Gasteiger partial charge in [0.1, 0.15) is 0 Å². The van der Waals surface area contributed by atoms with Crippen molar-refractivity contribution in [2.24, 2.45) is 5.16 Å². The predicted octanol–water partition coefficient (Wildman–Crippen LogP) is 3.41. The number of carbonyl (C=O) groups excluding carboxylic acids is 1. The Morgan fingerprint density at radius 1 is 1.17 bits per heavy atom. The standard InChI is InChI=1S/C17H16N2O4/c1-12-7-9-14(10-8-12)16(18-23-13(2)20)11-15-5-3-4-6-17(15)19(21)22/h3-10H,11H2,1-2H3/b18-16+. The van der Waals surface area contributed by atoms with Crippen LogP contribution in [0.5, 0.6) is 0 Å². The van der Waals surface area contributed by atoms with Crippen molar-refractivity contribution in [3.8, 4) is 0 Å². The fourth-order valence-corrected chi connectivity index (χ4v) is 2.07. The van der Waals surface area contributed by atoms with E-state index in [-0.39, 0.29) is 12.1 Å². The van der Waals surface area contributed by atoms with Gasteiger partial charge in [-0.1, -0.05) is 53.2 Å². The maximum absolute atomic E-state index is 11.1. The lowest BCUT2D eigenvalue weighted by Crippen LogP contribution is -2.09. The Balaban J connectivity index is 2.39. The average Bonchev–Trinajstić information content (AvgIpc) is 2.52. The molecule has 0 atom stereocenters. The van der Waals surface area contributed by atoms with Crippen LogP contribution in [0.4, 0.5) is 5.69 Å². The summed E-state index contributed by atoms with van der Waals surface area (Å²) in [6, 6.07) is 13.9. The van der Waals surface area contributed by atoms with Crippen LogP contribution in [0.1, 0.15) is 23.6 Å². The zero-order chi connectivity index (χ0) is 16.8. The number of hydrogen-bond donors (Lipinski definition) is 0. The first-order valence-corrected chi connectivity index (χ1v) is 7.01. The summed E-state index contributed by atoms with van der Waals surface area (Å²) in [7, 11) is 0. The predicted molar refractivity (Wildman–Crippen MR) is 86.3 cm³/mol. The third kappa shape index (κ3) is 4.47. The molecule has 2 rings (SSSR count).